The second-order valence-electron chi connectivity index (χ2n) is 3.68. The molecule has 0 radical (unpaired) electrons. The third-order valence-electron chi connectivity index (χ3n) is 2.48. The number of aliphatic hydroxyl groups is 1. The number of amides is 1. The number of rotatable bonds is 7. The zero-order valence-corrected chi connectivity index (χ0v) is 9.34. The van der Waals surface area contributed by atoms with Gasteiger partial charge in [0.15, 0.2) is 0 Å². The first-order chi connectivity index (χ1) is 7.08. The van der Waals surface area contributed by atoms with Gasteiger partial charge in [0.25, 0.3) is 0 Å². The molecular formula is C10H19N3O2. The van der Waals surface area contributed by atoms with Crippen molar-refractivity contribution in [2.75, 3.05) is 19.7 Å². The lowest BCUT2D eigenvalue weighted by atomic mass is 9.95. The van der Waals surface area contributed by atoms with E-state index in [1.807, 2.05) is 19.9 Å². The monoisotopic (exact) mass is 213 g/mol. The van der Waals surface area contributed by atoms with Crippen LogP contribution in [0.25, 0.3) is 0 Å². The first-order valence-electron chi connectivity index (χ1n) is 5.07. The van der Waals surface area contributed by atoms with Crippen LogP contribution in [-0.2, 0) is 4.79 Å². The van der Waals surface area contributed by atoms with Gasteiger partial charge < -0.3 is 15.7 Å². The second-order valence-corrected chi connectivity index (χ2v) is 3.68. The molecule has 0 aromatic rings. The Morgan fingerprint density at radius 3 is 2.73 bits per heavy atom. The zero-order chi connectivity index (χ0) is 11.7. The van der Waals surface area contributed by atoms with E-state index in [2.05, 4.69) is 10.6 Å². The lowest BCUT2D eigenvalue weighted by Gasteiger charge is -2.28. The van der Waals surface area contributed by atoms with Gasteiger partial charge in [0.2, 0.25) is 5.91 Å². The first kappa shape index (κ1) is 13.9. The van der Waals surface area contributed by atoms with Crippen molar-refractivity contribution in [3.63, 3.8) is 0 Å². The lowest BCUT2D eigenvalue weighted by molar-refractivity contribution is -0.120. The summed E-state index contributed by atoms with van der Waals surface area (Å²) in [6, 6.07) is 1.84. The van der Waals surface area contributed by atoms with Gasteiger partial charge in [-0.3, -0.25) is 4.79 Å². The summed E-state index contributed by atoms with van der Waals surface area (Å²) < 4.78 is 0. The normalized spacial score (nSPS) is 14.0. The molecule has 0 bridgehead atoms. The Bertz CT molecular complexity index is 237. The van der Waals surface area contributed by atoms with E-state index < -0.39 is 0 Å². The minimum atomic E-state index is -0.223. The largest absolute Gasteiger partial charge is 0.396 e. The van der Waals surface area contributed by atoms with Crippen molar-refractivity contribution in [2.24, 2.45) is 0 Å². The molecule has 0 heterocycles. The molecule has 5 nitrogen and oxygen atoms in total. The van der Waals surface area contributed by atoms with E-state index in [0.717, 1.165) is 6.42 Å². The minimum absolute atomic E-state index is 0.0311. The lowest BCUT2D eigenvalue weighted by Crippen LogP contribution is -2.47. The third-order valence-corrected chi connectivity index (χ3v) is 2.48. The van der Waals surface area contributed by atoms with Crippen molar-refractivity contribution in [1.82, 2.24) is 10.6 Å². The fraction of sp³-hybridized carbons (Fsp3) is 0.800. The summed E-state index contributed by atoms with van der Waals surface area (Å²) in [5, 5.41) is 22.6. The molecule has 0 saturated heterocycles. The van der Waals surface area contributed by atoms with Gasteiger partial charge in [-0.1, -0.05) is 6.92 Å². The summed E-state index contributed by atoms with van der Waals surface area (Å²) in [4.78, 5) is 11.2. The first-order valence-corrected chi connectivity index (χ1v) is 5.07. The predicted molar refractivity (Wildman–Crippen MR) is 57.0 cm³/mol. The van der Waals surface area contributed by atoms with E-state index in [1.54, 1.807) is 0 Å². The Balaban J connectivity index is 3.90. The third kappa shape index (κ3) is 6.05. The van der Waals surface area contributed by atoms with Crippen LogP contribution in [-0.4, -0.2) is 36.2 Å². The zero-order valence-electron chi connectivity index (χ0n) is 9.34. The fourth-order valence-electron chi connectivity index (χ4n) is 1.13. The van der Waals surface area contributed by atoms with Crippen LogP contribution in [0, 0.1) is 11.3 Å². The van der Waals surface area contributed by atoms with Crippen LogP contribution in [0.4, 0.5) is 0 Å². The molecule has 1 unspecified atom stereocenters. The van der Waals surface area contributed by atoms with Crippen molar-refractivity contribution in [2.45, 2.75) is 32.2 Å². The molecule has 0 aliphatic rings. The second kappa shape index (κ2) is 7.21. The quantitative estimate of drug-likeness (QED) is 0.510. The molecule has 15 heavy (non-hydrogen) atoms. The predicted octanol–water partition coefficient (Wildman–Crippen LogP) is -0.233. The number of carbonyl (C=O) groups excluding carboxylic acids is 1. The number of nitrogens with zero attached hydrogens (tertiary/aromatic N) is 1. The molecule has 3 N–H and O–H groups in total. The van der Waals surface area contributed by atoms with Crippen molar-refractivity contribution in [3.05, 3.63) is 0 Å². The molecule has 0 aliphatic heterocycles. The number of nitriles is 1. The van der Waals surface area contributed by atoms with Crippen LogP contribution >= 0.6 is 0 Å². The summed E-state index contributed by atoms with van der Waals surface area (Å²) in [6.07, 6.45) is 1.44. The van der Waals surface area contributed by atoms with Crippen molar-refractivity contribution >= 4 is 5.91 Å². The average molecular weight is 213 g/mol. The van der Waals surface area contributed by atoms with E-state index in [4.69, 9.17) is 10.4 Å². The number of carbonyl (C=O) groups is 1. The van der Waals surface area contributed by atoms with Crippen LogP contribution in [0.15, 0.2) is 0 Å². The van der Waals surface area contributed by atoms with E-state index in [0.29, 0.717) is 6.42 Å². The molecule has 0 rings (SSSR count). The molecule has 0 aromatic carbocycles. The molecule has 0 aliphatic carbocycles. The van der Waals surface area contributed by atoms with Gasteiger partial charge in [0, 0.05) is 12.1 Å². The van der Waals surface area contributed by atoms with Gasteiger partial charge in [0.1, 0.15) is 6.54 Å². The maximum absolute atomic E-state index is 11.2. The average Bonchev–Trinajstić information content (AvgIpc) is 2.24. The molecule has 5 heteroatoms. The number of aliphatic hydroxyl groups excluding tert-OH is 1. The van der Waals surface area contributed by atoms with Crippen molar-refractivity contribution in [3.8, 4) is 6.07 Å². The summed E-state index contributed by atoms with van der Waals surface area (Å²) in [5.41, 5.74) is -0.223. The van der Waals surface area contributed by atoms with E-state index >= 15 is 0 Å². The highest BCUT2D eigenvalue weighted by Gasteiger charge is 2.21. The number of nitrogens with one attached hydrogen (secondary N) is 2. The SMILES string of the molecule is CCC(C)(CCO)NCC(=O)NCC#N. The van der Waals surface area contributed by atoms with Crippen LogP contribution in [0.3, 0.4) is 0 Å². The van der Waals surface area contributed by atoms with Crippen LogP contribution in [0.5, 0.6) is 0 Å². The Morgan fingerprint density at radius 1 is 1.60 bits per heavy atom. The Hall–Kier alpha value is -1.12. The highest BCUT2D eigenvalue weighted by atomic mass is 16.3. The Labute approximate surface area is 90.5 Å². The molecule has 0 fully saturated rings. The minimum Gasteiger partial charge on any atom is -0.396 e. The van der Waals surface area contributed by atoms with Gasteiger partial charge in [-0.2, -0.15) is 5.26 Å². The smallest absolute Gasteiger partial charge is 0.234 e. The van der Waals surface area contributed by atoms with Gasteiger partial charge in [-0.25, -0.2) is 0 Å². The molecule has 1 amide bonds. The Morgan fingerprint density at radius 2 is 2.27 bits per heavy atom. The molecular weight excluding hydrogens is 194 g/mol. The van der Waals surface area contributed by atoms with E-state index in [9.17, 15) is 4.79 Å². The standard InChI is InChI=1S/C10H19N3O2/c1-3-10(2,4-7-14)13-8-9(15)12-6-5-11/h13-14H,3-4,6-8H2,1-2H3,(H,12,15). The highest BCUT2D eigenvalue weighted by Crippen LogP contribution is 2.12. The van der Waals surface area contributed by atoms with E-state index in [1.165, 1.54) is 0 Å². The molecule has 1 atom stereocenters. The van der Waals surface area contributed by atoms with Crippen LogP contribution < -0.4 is 10.6 Å². The van der Waals surface area contributed by atoms with Gasteiger partial charge >= 0.3 is 0 Å². The molecule has 0 spiro atoms. The summed E-state index contributed by atoms with van der Waals surface area (Å²) in [6.45, 7) is 4.25. The number of hydrogen-bond donors (Lipinski definition) is 3. The van der Waals surface area contributed by atoms with Crippen LogP contribution in [0.1, 0.15) is 26.7 Å². The summed E-state index contributed by atoms with van der Waals surface area (Å²) >= 11 is 0. The topological polar surface area (TPSA) is 85.2 Å². The van der Waals surface area contributed by atoms with Crippen molar-refractivity contribution in [1.29, 1.82) is 5.26 Å². The highest BCUT2D eigenvalue weighted by molar-refractivity contribution is 5.78. The fourth-order valence-corrected chi connectivity index (χ4v) is 1.13. The van der Waals surface area contributed by atoms with Gasteiger partial charge in [-0.15, -0.1) is 0 Å². The Kier molecular flexibility index (Phi) is 6.67. The summed E-state index contributed by atoms with van der Waals surface area (Å²) in [5.74, 6) is -0.200. The van der Waals surface area contributed by atoms with Gasteiger partial charge in [0.05, 0.1) is 12.6 Å². The van der Waals surface area contributed by atoms with Crippen molar-refractivity contribution < 1.29 is 9.90 Å². The maximum Gasteiger partial charge on any atom is 0.234 e. The summed E-state index contributed by atoms with van der Waals surface area (Å²) in [7, 11) is 0. The molecule has 0 aromatic heterocycles. The van der Waals surface area contributed by atoms with Gasteiger partial charge in [-0.05, 0) is 19.8 Å². The number of hydrogen-bond acceptors (Lipinski definition) is 4. The molecule has 0 saturated carbocycles. The molecule has 86 valence electrons. The maximum atomic E-state index is 11.2. The van der Waals surface area contributed by atoms with Crippen LogP contribution in [0.2, 0.25) is 0 Å². The van der Waals surface area contributed by atoms with E-state index in [-0.39, 0.29) is 31.1 Å².